The van der Waals surface area contributed by atoms with Gasteiger partial charge in [-0.1, -0.05) is 65.9 Å². The van der Waals surface area contributed by atoms with Crippen molar-refractivity contribution in [2.75, 3.05) is 0 Å². The van der Waals surface area contributed by atoms with Crippen LogP contribution in [0.1, 0.15) is 22.1 Å². The molecule has 0 aliphatic heterocycles. The van der Waals surface area contributed by atoms with Crippen molar-refractivity contribution in [3.05, 3.63) is 96.1 Å². The molecule has 0 aliphatic carbocycles. The molecule has 5 heteroatoms. The molecule has 122 valence electrons. The molecule has 4 aromatic rings. The van der Waals surface area contributed by atoms with Gasteiger partial charge in [0.15, 0.2) is 6.17 Å². The second-order valence-electron chi connectivity index (χ2n) is 5.68. The average molecular weight is 328 g/mol. The van der Waals surface area contributed by atoms with E-state index in [1.54, 1.807) is 16.8 Å². The Labute approximate surface area is 144 Å². The van der Waals surface area contributed by atoms with Crippen LogP contribution in [0.4, 0.5) is 0 Å². The first kappa shape index (κ1) is 15.1. The van der Waals surface area contributed by atoms with E-state index >= 15 is 0 Å². The molecule has 0 radical (unpaired) electrons. The number of hydrogen-bond donors (Lipinski definition) is 1. The van der Waals surface area contributed by atoms with Gasteiger partial charge in [0.2, 0.25) is 0 Å². The van der Waals surface area contributed by atoms with Gasteiger partial charge in [0.05, 0.1) is 5.52 Å². The fourth-order valence-electron chi connectivity index (χ4n) is 2.80. The molecule has 0 fully saturated rings. The monoisotopic (exact) mass is 328 g/mol. The Balaban J connectivity index is 1.76. The topological polar surface area (TPSA) is 59.8 Å². The largest absolute Gasteiger partial charge is 0.326 e. The molecule has 0 aliphatic rings. The third-order valence-electron chi connectivity index (χ3n) is 4.04. The van der Waals surface area contributed by atoms with Crippen LogP contribution in [0.25, 0.3) is 11.0 Å². The highest BCUT2D eigenvalue weighted by atomic mass is 16.1. The van der Waals surface area contributed by atoms with Crippen molar-refractivity contribution in [3.8, 4) is 0 Å². The van der Waals surface area contributed by atoms with Crippen molar-refractivity contribution in [1.82, 2.24) is 20.3 Å². The molecule has 3 aromatic carbocycles. The first-order chi connectivity index (χ1) is 12.3. The summed E-state index contributed by atoms with van der Waals surface area (Å²) in [4.78, 5) is 12.7. The maximum absolute atomic E-state index is 12.7. The second kappa shape index (κ2) is 6.57. The van der Waals surface area contributed by atoms with E-state index in [0.717, 1.165) is 16.6 Å². The van der Waals surface area contributed by atoms with Crippen molar-refractivity contribution in [2.24, 2.45) is 0 Å². The van der Waals surface area contributed by atoms with Crippen LogP contribution in [0.15, 0.2) is 84.9 Å². The summed E-state index contributed by atoms with van der Waals surface area (Å²) < 4.78 is 1.74. The number of hydrogen-bond acceptors (Lipinski definition) is 3. The number of nitrogens with zero attached hydrogens (tertiary/aromatic N) is 3. The van der Waals surface area contributed by atoms with Gasteiger partial charge in [0.25, 0.3) is 5.91 Å². The van der Waals surface area contributed by atoms with E-state index in [0.29, 0.717) is 5.56 Å². The number of benzene rings is 3. The van der Waals surface area contributed by atoms with Crippen molar-refractivity contribution < 1.29 is 4.79 Å². The Hall–Kier alpha value is -3.47. The molecule has 1 atom stereocenters. The van der Waals surface area contributed by atoms with Crippen LogP contribution >= 0.6 is 0 Å². The molecule has 1 heterocycles. The number of fused-ring (bicyclic) bond motifs is 1. The van der Waals surface area contributed by atoms with Gasteiger partial charge in [-0.25, -0.2) is 4.68 Å². The molecule has 0 bridgehead atoms. The summed E-state index contributed by atoms with van der Waals surface area (Å²) in [5.74, 6) is -0.158. The van der Waals surface area contributed by atoms with Gasteiger partial charge in [-0.15, -0.1) is 5.10 Å². The summed E-state index contributed by atoms with van der Waals surface area (Å²) in [6.07, 6.45) is -0.443. The third kappa shape index (κ3) is 2.99. The van der Waals surface area contributed by atoms with Crippen LogP contribution in [0.5, 0.6) is 0 Å². The van der Waals surface area contributed by atoms with Gasteiger partial charge in [-0.2, -0.15) is 0 Å². The molecule has 4 rings (SSSR count). The number of carbonyl (C=O) groups is 1. The van der Waals surface area contributed by atoms with Crippen molar-refractivity contribution in [2.45, 2.75) is 6.17 Å². The number of nitrogens with one attached hydrogen (secondary N) is 1. The Morgan fingerprint density at radius 2 is 1.48 bits per heavy atom. The average Bonchev–Trinajstić information content (AvgIpc) is 3.11. The molecule has 25 heavy (non-hydrogen) atoms. The Morgan fingerprint density at radius 3 is 2.24 bits per heavy atom. The summed E-state index contributed by atoms with van der Waals surface area (Å²) >= 11 is 0. The molecule has 0 spiro atoms. The van der Waals surface area contributed by atoms with E-state index < -0.39 is 6.17 Å². The minimum absolute atomic E-state index is 0.158. The first-order valence-corrected chi connectivity index (χ1v) is 8.04. The number of para-hydroxylation sites is 1. The molecular formula is C20H16N4O. The van der Waals surface area contributed by atoms with E-state index in [-0.39, 0.29) is 5.91 Å². The Kier molecular flexibility index (Phi) is 3.96. The molecule has 0 unspecified atom stereocenters. The summed E-state index contributed by atoms with van der Waals surface area (Å²) in [6.45, 7) is 0. The lowest BCUT2D eigenvalue weighted by atomic mass is 10.1. The normalized spacial score (nSPS) is 12.0. The summed E-state index contributed by atoms with van der Waals surface area (Å²) in [5.41, 5.74) is 3.19. The number of amides is 1. The highest BCUT2D eigenvalue weighted by Crippen LogP contribution is 2.20. The van der Waals surface area contributed by atoms with Crippen LogP contribution in [0, 0.1) is 0 Å². The van der Waals surface area contributed by atoms with Gasteiger partial charge < -0.3 is 5.32 Å². The highest BCUT2D eigenvalue weighted by Gasteiger charge is 2.20. The van der Waals surface area contributed by atoms with E-state index in [4.69, 9.17) is 0 Å². The second-order valence-corrected chi connectivity index (χ2v) is 5.68. The van der Waals surface area contributed by atoms with Crippen LogP contribution < -0.4 is 5.32 Å². The van der Waals surface area contributed by atoms with Gasteiger partial charge in [-0.3, -0.25) is 4.79 Å². The fourth-order valence-corrected chi connectivity index (χ4v) is 2.80. The van der Waals surface area contributed by atoms with Crippen LogP contribution in [0.3, 0.4) is 0 Å². The minimum Gasteiger partial charge on any atom is -0.326 e. The van der Waals surface area contributed by atoms with Gasteiger partial charge in [0, 0.05) is 5.56 Å². The fraction of sp³-hybridized carbons (Fsp3) is 0.0500. The maximum atomic E-state index is 12.7. The SMILES string of the molecule is O=C(N[C@H](c1ccccc1)n1nnc2ccccc21)c1ccccc1. The van der Waals surface area contributed by atoms with Crippen molar-refractivity contribution in [1.29, 1.82) is 0 Å². The lowest BCUT2D eigenvalue weighted by Crippen LogP contribution is -2.33. The van der Waals surface area contributed by atoms with Crippen LogP contribution in [-0.4, -0.2) is 20.9 Å². The zero-order valence-corrected chi connectivity index (χ0v) is 13.4. The van der Waals surface area contributed by atoms with Crippen LogP contribution in [-0.2, 0) is 0 Å². The zero-order valence-electron chi connectivity index (χ0n) is 13.4. The van der Waals surface area contributed by atoms with E-state index in [9.17, 15) is 4.79 Å². The molecule has 5 nitrogen and oxygen atoms in total. The summed E-state index contributed by atoms with van der Waals surface area (Å²) in [6, 6.07) is 26.6. The molecule has 1 amide bonds. The maximum Gasteiger partial charge on any atom is 0.253 e. The smallest absolute Gasteiger partial charge is 0.253 e. The number of rotatable bonds is 4. The van der Waals surface area contributed by atoms with Crippen LogP contribution in [0.2, 0.25) is 0 Å². The first-order valence-electron chi connectivity index (χ1n) is 8.04. The zero-order chi connectivity index (χ0) is 17.1. The van der Waals surface area contributed by atoms with Gasteiger partial charge >= 0.3 is 0 Å². The molecule has 0 saturated heterocycles. The van der Waals surface area contributed by atoms with Crippen molar-refractivity contribution in [3.63, 3.8) is 0 Å². The van der Waals surface area contributed by atoms with E-state index in [1.165, 1.54) is 0 Å². The van der Waals surface area contributed by atoms with Gasteiger partial charge in [-0.05, 0) is 29.8 Å². The standard InChI is InChI=1S/C20H16N4O/c25-20(16-11-5-2-6-12-16)21-19(15-9-3-1-4-10-15)24-18-14-8-7-13-17(18)22-23-24/h1-14,19H,(H,21,25)/t19-/m0/s1. The van der Waals surface area contributed by atoms with E-state index in [1.807, 2.05) is 72.8 Å². The Bertz CT molecular complexity index is 996. The molecule has 1 N–H and O–H groups in total. The highest BCUT2D eigenvalue weighted by molar-refractivity contribution is 5.94. The summed E-state index contributed by atoms with van der Waals surface area (Å²) in [7, 11) is 0. The third-order valence-corrected chi connectivity index (χ3v) is 4.04. The Morgan fingerprint density at radius 1 is 0.840 bits per heavy atom. The molecule has 0 saturated carbocycles. The summed E-state index contributed by atoms with van der Waals surface area (Å²) in [5, 5.41) is 11.5. The number of aromatic nitrogens is 3. The number of carbonyl (C=O) groups excluding carboxylic acids is 1. The predicted molar refractivity (Wildman–Crippen MR) is 96.0 cm³/mol. The molecular weight excluding hydrogens is 312 g/mol. The minimum atomic E-state index is -0.443. The lowest BCUT2D eigenvalue weighted by Gasteiger charge is -2.20. The van der Waals surface area contributed by atoms with E-state index in [2.05, 4.69) is 15.6 Å². The van der Waals surface area contributed by atoms with Gasteiger partial charge in [0.1, 0.15) is 5.52 Å². The molecule has 1 aromatic heterocycles. The predicted octanol–water partition coefficient (Wildman–Crippen LogP) is 3.41. The van der Waals surface area contributed by atoms with Crippen molar-refractivity contribution >= 4 is 16.9 Å². The lowest BCUT2D eigenvalue weighted by molar-refractivity contribution is 0.0927. The quantitative estimate of drug-likeness (QED) is 0.624.